The zero-order chi connectivity index (χ0) is 69.9. The molecule has 474 valence electrons. The third-order valence-electron chi connectivity index (χ3n) is 22.6. The highest BCUT2D eigenvalue weighted by atomic mass is 15.2. The van der Waals surface area contributed by atoms with Crippen molar-refractivity contribution in [1.82, 2.24) is 14.5 Å². The second kappa shape index (κ2) is 22.4. The van der Waals surface area contributed by atoms with Crippen LogP contribution in [0, 0.1) is 0 Å². The van der Waals surface area contributed by atoms with Crippen LogP contribution in [0.25, 0.3) is 94.3 Å². The topological polar surface area (TPSA) is 37.2 Å². The lowest BCUT2D eigenvalue weighted by Crippen LogP contribution is -2.61. The lowest BCUT2D eigenvalue weighted by Gasteiger charge is -2.46. The molecular weight excluding hydrogens is 1190 g/mol. The standard InChI is InChI=1S/C92H78BN5/c1-89(2)45-47-91(5,6)76-49-63(37-41-74(76)89)65-39-43-82-78(51-65)93-79-52-66(64-38-42-75-77(50-64)92(7,8)48-46-90(75,3)4)40-44-83(79)98(88-72(61-29-17-11-18-30-61)57-95-58-73(88)62-31-19-12-20-32-62)85-54-67(96-80-35-23-21-33-68(80)69-34-22-24-36-81(69)96)53-84(86(85)93)97(82)87-70(59-25-13-9-14-26-59)55-94-56-71(87)60-27-15-10-16-28-60/h9-44,49-58H,45-48H2,1-8H3/i21D,23D,33D,35D. The quantitative estimate of drug-likeness (QED) is 0.135. The van der Waals surface area contributed by atoms with Crippen molar-refractivity contribution in [2.45, 2.75) is 103 Å². The van der Waals surface area contributed by atoms with Crippen molar-refractivity contribution in [3.8, 4) is 72.4 Å². The van der Waals surface area contributed by atoms with Gasteiger partial charge in [0.15, 0.2) is 0 Å². The van der Waals surface area contributed by atoms with Gasteiger partial charge in [0.25, 0.3) is 6.71 Å². The van der Waals surface area contributed by atoms with E-state index in [4.69, 9.17) is 9.97 Å². The second-order valence-corrected chi connectivity index (χ2v) is 30.3. The van der Waals surface area contributed by atoms with E-state index in [0.717, 1.165) is 148 Å². The third kappa shape index (κ3) is 9.42. The van der Waals surface area contributed by atoms with Crippen molar-refractivity contribution in [1.29, 1.82) is 0 Å². The van der Waals surface area contributed by atoms with Crippen molar-refractivity contribution in [3.63, 3.8) is 0 Å². The summed E-state index contributed by atoms with van der Waals surface area (Å²) in [4.78, 5) is 15.4. The summed E-state index contributed by atoms with van der Waals surface area (Å²) in [5.74, 6) is 0. The highest BCUT2D eigenvalue weighted by Crippen LogP contribution is 2.55. The lowest BCUT2D eigenvalue weighted by atomic mass is 9.33. The van der Waals surface area contributed by atoms with Crippen LogP contribution in [-0.2, 0) is 21.7 Å². The van der Waals surface area contributed by atoms with Crippen LogP contribution in [0.5, 0.6) is 0 Å². The molecule has 0 saturated carbocycles. The molecule has 18 rings (SSSR count). The van der Waals surface area contributed by atoms with Crippen LogP contribution in [0.15, 0.2) is 279 Å². The highest BCUT2D eigenvalue weighted by molar-refractivity contribution is 7.00. The maximum absolute atomic E-state index is 10.0. The average molecular weight is 1270 g/mol. The predicted molar refractivity (Wildman–Crippen MR) is 414 cm³/mol. The van der Waals surface area contributed by atoms with Crippen molar-refractivity contribution >= 4 is 79.0 Å². The van der Waals surface area contributed by atoms with E-state index >= 15 is 0 Å². The molecule has 2 aliphatic carbocycles. The van der Waals surface area contributed by atoms with Crippen molar-refractivity contribution < 1.29 is 5.48 Å². The zero-order valence-electron chi connectivity index (χ0n) is 60.9. The molecule has 3 aromatic heterocycles. The molecule has 2 aliphatic heterocycles. The summed E-state index contributed by atoms with van der Waals surface area (Å²) in [7, 11) is 0. The van der Waals surface area contributed by atoms with Crippen LogP contribution in [-0.4, -0.2) is 21.2 Å². The first-order valence-electron chi connectivity index (χ1n) is 36.8. The lowest BCUT2D eigenvalue weighted by molar-refractivity contribution is 0.332. The van der Waals surface area contributed by atoms with E-state index < -0.39 is 6.71 Å². The molecule has 0 saturated heterocycles. The van der Waals surface area contributed by atoms with Gasteiger partial charge in [0.05, 0.1) is 33.6 Å². The van der Waals surface area contributed by atoms with Gasteiger partial charge >= 0.3 is 0 Å². The Balaban J connectivity index is 1.04. The summed E-state index contributed by atoms with van der Waals surface area (Å²) < 4.78 is 40.5. The first kappa shape index (κ1) is 55.3. The van der Waals surface area contributed by atoms with E-state index in [1.807, 2.05) is 43.0 Å². The minimum atomic E-state index is -0.401. The molecular formula is C92H78BN5. The number of pyridine rings is 2. The van der Waals surface area contributed by atoms with E-state index in [1.54, 1.807) is 0 Å². The Morgan fingerprint density at radius 1 is 0.337 bits per heavy atom. The molecule has 5 nitrogen and oxygen atoms in total. The highest BCUT2D eigenvalue weighted by Gasteiger charge is 2.47. The first-order chi connectivity index (χ1) is 49.3. The summed E-state index contributed by atoms with van der Waals surface area (Å²) >= 11 is 0. The molecule has 11 aromatic carbocycles. The molecule has 4 aliphatic rings. The Morgan fingerprint density at radius 3 is 1.13 bits per heavy atom. The molecule has 0 radical (unpaired) electrons. The predicted octanol–water partition coefficient (Wildman–Crippen LogP) is 22.4. The molecule has 0 bridgehead atoms. The van der Waals surface area contributed by atoms with Crippen molar-refractivity contribution in [2.75, 3.05) is 9.80 Å². The first-order valence-corrected chi connectivity index (χ1v) is 34.8. The summed E-state index contributed by atoms with van der Waals surface area (Å²) in [5, 5.41) is 1.20. The molecule has 0 atom stereocenters. The fraction of sp³-hybridized carbons (Fsp3) is 0.174. The van der Waals surface area contributed by atoms with Gasteiger partial charge in [-0.1, -0.05) is 274 Å². The summed E-state index contributed by atoms with van der Waals surface area (Å²) in [5.41, 5.74) is 29.0. The van der Waals surface area contributed by atoms with Crippen LogP contribution < -0.4 is 26.2 Å². The fourth-order valence-corrected chi connectivity index (χ4v) is 17.1. The van der Waals surface area contributed by atoms with Gasteiger partial charge in [-0.15, -0.1) is 0 Å². The third-order valence-corrected chi connectivity index (χ3v) is 22.6. The number of nitrogens with zero attached hydrogens (tertiary/aromatic N) is 5. The van der Waals surface area contributed by atoms with Gasteiger partial charge in [-0.25, -0.2) is 0 Å². The molecule has 0 N–H and O–H groups in total. The molecule has 5 heterocycles. The van der Waals surface area contributed by atoms with Gasteiger partial charge in [0.2, 0.25) is 0 Å². The van der Waals surface area contributed by atoms with Gasteiger partial charge in [-0.05, 0) is 167 Å². The van der Waals surface area contributed by atoms with E-state index in [0.29, 0.717) is 10.9 Å². The minimum Gasteiger partial charge on any atom is -0.310 e. The Kier molecular flexibility index (Phi) is 12.6. The molecule has 98 heavy (non-hydrogen) atoms. The number of rotatable bonds is 9. The van der Waals surface area contributed by atoms with Crippen LogP contribution in [0.2, 0.25) is 0 Å². The SMILES string of the molecule is [2H]c1c([2H])c([2H])c2c(c1[2H])c1ccccc1n2-c1cc2c3c(c1)N(c1c(-c4ccccc4)cncc1-c1ccccc1)c1ccc(-c4ccc5c(c4)C(C)(C)CCC5(C)C)cc1B3c1cc(-c3ccc4c(c3)C(C)(C)CCC4(C)C)ccc1N2c1c(-c2ccccc2)cncc1-c1ccccc1. The van der Waals surface area contributed by atoms with Gasteiger partial charge in [-0.3, -0.25) is 9.97 Å². The van der Waals surface area contributed by atoms with Gasteiger partial charge < -0.3 is 14.4 Å². The van der Waals surface area contributed by atoms with E-state index in [1.165, 1.54) is 33.4 Å². The molecule has 6 heteroatoms. The molecule has 0 fully saturated rings. The van der Waals surface area contributed by atoms with E-state index in [9.17, 15) is 5.48 Å². The average Bonchev–Trinajstić information content (AvgIpc) is 0.857. The fourth-order valence-electron chi connectivity index (χ4n) is 17.1. The molecule has 0 spiro atoms. The minimum absolute atomic E-state index is 0.0283. The summed E-state index contributed by atoms with van der Waals surface area (Å²) in [6.07, 6.45) is 12.5. The van der Waals surface area contributed by atoms with Crippen molar-refractivity contribution in [2.24, 2.45) is 0 Å². The zero-order valence-corrected chi connectivity index (χ0v) is 56.9. The molecule has 0 amide bonds. The Morgan fingerprint density at radius 2 is 0.704 bits per heavy atom. The van der Waals surface area contributed by atoms with E-state index in [2.05, 4.69) is 282 Å². The number of para-hydroxylation sites is 2. The van der Waals surface area contributed by atoms with Crippen LogP contribution >= 0.6 is 0 Å². The number of benzene rings is 11. The van der Waals surface area contributed by atoms with Crippen molar-refractivity contribution in [3.05, 3.63) is 302 Å². The normalized spacial score (nSPS) is 16.4. The second-order valence-electron chi connectivity index (χ2n) is 30.3. The number of fused-ring (bicyclic) bond motifs is 9. The maximum Gasteiger partial charge on any atom is 0.252 e. The van der Waals surface area contributed by atoms with Gasteiger partial charge in [-0.2, -0.15) is 0 Å². The largest absolute Gasteiger partial charge is 0.310 e. The number of aromatic nitrogens is 3. The van der Waals surface area contributed by atoms with Crippen LogP contribution in [0.1, 0.15) is 109 Å². The number of hydrogen-bond donors (Lipinski definition) is 0. The number of anilines is 6. The van der Waals surface area contributed by atoms with E-state index in [-0.39, 0.29) is 45.8 Å². The Hall–Kier alpha value is -10.8. The monoisotopic (exact) mass is 1270 g/mol. The molecule has 0 unspecified atom stereocenters. The van der Waals surface area contributed by atoms with Gasteiger partial charge in [0, 0.05) is 80.6 Å². The Bertz CT molecular complexity index is 5390. The smallest absolute Gasteiger partial charge is 0.252 e. The Labute approximate surface area is 582 Å². The number of hydrogen-bond acceptors (Lipinski definition) is 4. The van der Waals surface area contributed by atoms with Gasteiger partial charge in [0.1, 0.15) is 0 Å². The summed E-state index contributed by atoms with van der Waals surface area (Å²) in [6.45, 7) is 18.9. The van der Waals surface area contributed by atoms with Crippen LogP contribution in [0.3, 0.4) is 0 Å². The molecule has 14 aromatic rings. The summed E-state index contributed by atoms with van der Waals surface area (Å²) in [6, 6.07) is 83.5. The maximum atomic E-state index is 10.0. The van der Waals surface area contributed by atoms with Crippen LogP contribution in [0.4, 0.5) is 34.1 Å².